The minimum atomic E-state index is 0.117. The van der Waals surface area contributed by atoms with Crippen LogP contribution >= 0.6 is 11.8 Å². The molecule has 2 unspecified atom stereocenters. The molecule has 1 heterocycles. The Morgan fingerprint density at radius 1 is 1.70 bits per heavy atom. The van der Waals surface area contributed by atoms with Crippen molar-refractivity contribution in [3.8, 4) is 0 Å². The van der Waals surface area contributed by atoms with Gasteiger partial charge >= 0.3 is 0 Å². The molecule has 0 amide bonds. The molecule has 4 heteroatoms. The number of hydrogen-bond acceptors (Lipinski definition) is 4. The van der Waals surface area contributed by atoms with Gasteiger partial charge < -0.3 is 16.2 Å². The summed E-state index contributed by atoms with van der Waals surface area (Å²) >= 11 is 1.61. The Bertz CT molecular complexity index is 129. The van der Waals surface area contributed by atoms with Gasteiger partial charge in [-0.05, 0) is 5.41 Å². The molecule has 2 atom stereocenters. The molecule has 0 bridgehead atoms. The molecule has 10 heavy (non-hydrogen) atoms. The predicted molar refractivity (Wildman–Crippen MR) is 43.6 cm³/mol. The van der Waals surface area contributed by atoms with Crippen LogP contribution in [0.1, 0.15) is 0 Å². The van der Waals surface area contributed by atoms with Crippen molar-refractivity contribution in [1.82, 2.24) is 5.32 Å². The van der Waals surface area contributed by atoms with Gasteiger partial charge in [-0.15, -0.1) is 11.8 Å². The second kappa shape index (κ2) is 3.98. The summed E-state index contributed by atoms with van der Waals surface area (Å²) in [4.78, 5) is 0. The molecule has 0 fully saturated rings. The molecule has 0 radical (unpaired) electrons. The van der Waals surface area contributed by atoms with Crippen LogP contribution < -0.4 is 11.1 Å². The number of nitrogens with one attached hydrogen (secondary N) is 1. The third kappa shape index (κ3) is 1.98. The van der Waals surface area contributed by atoms with Crippen LogP contribution in [-0.2, 0) is 0 Å². The quantitative estimate of drug-likeness (QED) is 0.520. The monoisotopic (exact) mass is 160 g/mol. The molecule has 1 rings (SSSR count). The molecule has 0 saturated carbocycles. The fourth-order valence-electron chi connectivity index (χ4n) is 0.830. The van der Waals surface area contributed by atoms with Gasteiger partial charge in [-0.2, -0.15) is 0 Å². The maximum atomic E-state index is 8.48. The molecule has 4 N–H and O–H groups in total. The molecular formula is C6H12N2OS. The topological polar surface area (TPSA) is 58.3 Å². The number of thioether (sulfide) groups is 1. The second-order valence-corrected chi connectivity index (χ2v) is 3.22. The van der Waals surface area contributed by atoms with Gasteiger partial charge in [-0.3, -0.25) is 0 Å². The Kier molecular flexibility index (Phi) is 3.21. The van der Waals surface area contributed by atoms with Gasteiger partial charge in [-0.25, -0.2) is 0 Å². The fraction of sp³-hybridized carbons (Fsp3) is 0.667. The van der Waals surface area contributed by atoms with Crippen molar-refractivity contribution in [3.63, 3.8) is 0 Å². The van der Waals surface area contributed by atoms with Gasteiger partial charge in [0.25, 0.3) is 0 Å². The van der Waals surface area contributed by atoms with E-state index in [4.69, 9.17) is 10.8 Å². The van der Waals surface area contributed by atoms with E-state index >= 15 is 0 Å². The zero-order chi connectivity index (χ0) is 7.40. The minimum absolute atomic E-state index is 0.117. The molecule has 0 aliphatic carbocycles. The highest BCUT2D eigenvalue weighted by Gasteiger charge is 2.17. The van der Waals surface area contributed by atoms with Crippen LogP contribution in [0.4, 0.5) is 0 Å². The van der Waals surface area contributed by atoms with E-state index in [2.05, 4.69) is 5.32 Å². The smallest absolute Gasteiger partial charge is 0.0740 e. The molecule has 0 saturated heterocycles. The van der Waals surface area contributed by atoms with E-state index in [9.17, 15) is 0 Å². The first-order chi connectivity index (χ1) is 4.84. The van der Waals surface area contributed by atoms with Gasteiger partial charge in [0.1, 0.15) is 0 Å². The molecule has 0 aromatic rings. The first-order valence-corrected chi connectivity index (χ1v) is 4.21. The average Bonchev–Trinajstić information content (AvgIpc) is 2.31. The van der Waals surface area contributed by atoms with Gasteiger partial charge in [0.05, 0.1) is 18.0 Å². The zero-order valence-electron chi connectivity index (χ0n) is 5.66. The van der Waals surface area contributed by atoms with Crippen molar-refractivity contribution in [2.75, 3.05) is 13.2 Å². The van der Waals surface area contributed by atoms with E-state index in [0.29, 0.717) is 6.54 Å². The Hall–Kier alpha value is -0.0300. The maximum Gasteiger partial charge on any atom is 0.0740 e. The SMILES string of the molecule is NC1SC=CC1NCCO. The van der Waals surface area contributed by atoms with Crippen LogP contribution in [0.25, 0.3) is 0 Å². The fourth-order valence-corrected chi connectivity index (χ4v) is 1.63. The van der Waals surface area contributed by atoms with Gasteiger partial charge in [0, 0.05) is 6.54 Å². The number of aliphatic hydroxyl groups excluding tert-OH is 1. The van der Waals surface area contributed by atoms with Crippen LogP contribution in [0.5, 0.6) is 0 Å². The summed E-state index contributed by atoms with van der Waals surface area (Å²) in [5.41, 5.74) is 5.68. The summed E-state index contributed by atoms with van der Waals surface area (Å²) < 4.78 is 0. The second-order valence-electron chi connectivity index (χ2n) is 2.13. The lowest BCUT2D eigenvalue weighted by atomic mass is 10.3. The lowest BCUT2D eigenvalue weighted by molar-refractivity contribution is 0.288. The first-order valence-electron chi connectivity index (χ1n) is 3.26. The third-order valence-corrected chi connectivity index (χ3v) is 2.29. The average molecular weight is 160 g/mol. The highest BCUT2D eigenvalue weighted by molar-refractivity contribution is 8.03. The standard InChI is InChI=1S/C6H12N2OS/c7-6-5(1-4-10-6)8-2-3-9/h1,4-6,8-9H,2-3,7H2. The summed E-state index contributed by atoms with van der Waals surface area (Å²) in [5, 5.41) is 13.7. The molecule has 0 spiro atoms. The lowest BCUT2D eigenvalue weighted by Crippen LogP contribution is -2.40. The largest absolute Gasteiger partial charge is 0.395 e. The van der Waals surface area contributed by atoms with E-state index in [1.807, 2.05) is 11.5 Å². The lowest BCUT2D eigenvalue weighted by Gasteiger charge is -2.14. The molecule has 1 aliphatic heterocycles. The third-order valence-electron chi connectivity index (χ3n) is 1.37. The van der Waals surface area contributed by atoms with Crippen molar-refractivity contribution < 1.29 is 5.11 Å². The molecule has 1 aliphatic rings. The van der Waals surface area contributed by atoms with Crippen molar-refractivity contribution in [1.29, 1.82) is 0 Å². The zero-order valence-corrected chi connectivity index (χ0v) is 6.47. The summed E-state index contributed by atoms with van der Waals surface area (Å²) in [6.45, 7) is 0.783. The van der Waals surface area contributed by atoms with Crippen molar-refractivity contribution in [2.24, 2.45) is 5.73 Å². The van der Waals surface area contributed by atoms with Crippen molar-refractivity contribution >= 4 is 11.8 Å². The van der Waals surface area contributed by atoms with E-state index in [-0.39, 0.29) is 18.0 Å². The summed E-state index contributed by atoms with van der Waals surface area (Å²) in [7, 11) is 0. The maximum absolute atomic E-state index is 8.48. The van der Waals surface area contributed by atoms with E-state index < -0.39 is 0 Å². The van der Waals surface area contributed by atoms with Crippen molar-refractivity contribution in [3.05, 3.63) is 11.5 Å². The molecule has 3 nitrogen and oxygen atoms in total. The van der Waals surface area contributed by atoms with Crippen LogP contribution in [-0.4, -0.2) is 29.7 Å². The summed E-state index contributed by atoms with van der Waals surface area (Å²) in [6, 6.07) is 0.233. The van der Waals surface area contributed by atoms with Crippen LogP contribution in [0.3, 0.4) is 0 Å². The Balaban J connectivity index is 2.20. The van der Waals surface area contributed by atoms with Gasteiger partial charge in [0.15, 0.2) is 0 Å². The summed E-state index contributed by atoms with van der Waals surface area (Å²) in [6.07, 6.45) is 2.02. The van der Waals surface area contributed by atoms with Crippen LogP contribution in [0, 0.1) is 0 Å². The Morgan fingerprint density at radius 3 is 3.00 bits per heavy atom. The van der Waals surface area contributed by atoms with Crippen molar-refractivity contribution in [2.45, 2.75) is 11.4 Å². The molecule has 0 aromatic carbocycles. The van der Waals surface area contributed by atoms with E-state index in [1.165, 1.54) is 0 Å². The molecule has 58 valence electrons. The Morgan fingerprint density at radius 2 is 2.50 bits per heavy atom. The van der Waals surface area contributed by atoms with E-state index in [1.54, 1.807) is 11.8 Å². The molecular weight excluding hydrogens is 148 g/mol. The van der Waals surface area contributed by atoms with Crippen LogP contribution in [0.15, 0.2) is 11.5 Å². The summed E-state index contributed by atoms with van der Waals surface area (Å²) in [5.74, 6) is 0. The normalized spacial score (nSPS) is 31.4. The minimum Gasteiger partial charge on any atom is -0.395 e. The number of rotatable bonds is 3. The van der Waals surface area contributed by atoms with Gasteiger partial charge in [-0.1, -0.05) is 6.08 Å². The van der Waals surface area contributed by atoms with Gasteiger partial charge in [0.2, 0.25) is 0 Å². The molecule has 0 aromatic heterocycles. The van der Waals surface area contributed by atoms with Crippen LogP contribution in [0.2, 0.25) is 0 Å². The first kappa shape index (κ1) is 8.07. The highest BCUT2D eigenvalue weighted by atomic mass is 32.2. The number of aliphatic hydroxyl groups is 1. The number of nitrogens with two attached hydrogens (primary N) is 1. The predicted octanol–water partition coefficient (Wildman–Crippen LogP) is -0.518. The Labute approximate surface area is 64.7 Å². The highest BCUT2D eigenvalue weighted by Crippen LogP contribution is 2.19. The number of hydrogen-bond donors (Lipinski definition) is 3. The van der Waals surface area contributed by atoms with E-state index in [0.717, 1.165) is 0 Å².